The maximum Gasteiger partial charge on any atom is 0.168 e. The lowest BCUT2D eigenvalue weighted by Gasteiger charge is -2.06. The van der Waals surface area contributed by atoms with E-state index in [-0.39, 0.29) is 0 Å². The highest BCUT2D eigenvalue weighted by atomic mass is 35.5. The van der Waals surface area contributed by atoms with Crippen molar-refractivity contribution in [1.29, 1.82) is 5.26 Å². The van der Waals surface area contributed by atoms with Crippen molar-refractivity contribution < 1.29 is 4.74 Å². The molecule has 0 N–H and O–H groups in total. The second kappa shape index (κ2) is 3.88. The van der Waals surface area contributed by atoms with E-state index in [0.29, 0.717) is 23.9 Å². The van der Waals surface area contributed by atoms with E-state index in [9.17, 15) is 0 Å². The second-order valence-electron chi connectivity index (χ2n) is 3.74. The number of fused-ring (bicyclic) bond motifs is 1. The van der Waals surface area contributed by atoms with Gasteiger partial charge in [-0.3, -0.25) is 0 Å². The molecular formula is C12H8ClN3O. The first-order valence-corrected chi connectivity index (χ1v) is 5.52. The molecule has 0 bridgehead atoms. The van der Waals surface area contributed by atoms with Crippen LogP contribution in [-0.2, 0) is 18.0 Å². The van der Waals surface area contributed by atoms with Crippen molar-refractivity contribution in [2.45, 2.75) is 13.2 Å². The van der Waals surface area contributed by atoms with Crippen LogP contribution >= 0.6 is 11.6 Å². The van der Waals surface area contributed by atoms with E-state index < -0.39 is 0 Å². The molecule has 0 radical (unpaired) electrons. The highest BCUT2D eigenvalue weighted by Gasteiger charge is 2.24. The molecule has 0 spiro atoms. The van der Waals surface area contributed by atoms with E-state index in [0.717, 1.165) is 16.9 Å². The lowest BCUT2D eigenvalue weighted by Crippen LogP contribution is -2.02. The lowest BCUT2D eigenvalue weighted by atomic mass is 10.2. The fourth-order valence-electron chi connectivity index (χ4n) is 1.95. The highest BCUT2D eigenvalue weighted by Crippen LogP contribution is 2.28. The van der Waals surface area contributed by atoms with Gasteiger partial charge in [0.2, 0.25) is 0 Å². The van der Waals surface area contributed by atoms with Gasteiger partial charge in [-0.1, -0.05) is 23.7 Å². The number of benzene rings is 1. The van der Waals surface area contributed by atoms with Gasteiger partial charge in [0.05, 0.1) is 29.6 Å². The molecular weight excluding hydrogens is 238 g/mol. The molecule has 17 heavy (non-hydrogen) atoms. The van der Waals surface area contributed by atoms with Crippen LogP contribution in [0.15, 0.2) is 24.3 Å². The maximum absolute atomic E-state index is 9.02. The van der Waals surface area contributed by atoms with Crippen molar-refractivity contribution in [2.24, 2.45) is 0 Å². The molecule has 4 nitrogen and oxygen atoms in total. The smallest absolute Gasteiger partial charge is 0.168 e. The Morgan fingerprint density at radius 2 is 2.18 bits per heavy atom. The normalized spacial score (nSPS) is 13.4. The first kappa shape index (κ1) is 10.3. The van der Waals surface area contributed by atoms with E-state index in [4.69, 9.17) is 21.6 Å². The monoisotopic (exact) mass is 245 g/mol. The van der Waals surface area contributed by atoms with Gasteiger partial charge in [-0.05, 0) is 12.1 Å². The minimum absolute atomic E-state index is 0.414. The summed E-state index contributed by atoms with van der Waals surface area (Å²) in [5.41, 5.74) is 2.97. The Bertz CT molecular complexity index is 627. The summed E-state index contributed by atoms with van der Waals surface area (Å²) >= 11 is 6.13. The minimum Gasteiger partial charge on any atom is -0.370 e. The van der Waals surface area contributed by atoms with Crippen LogP contribution in [0.1, 0.15) is 17.0 Å². The third-order valence-electron chi connectivity index (χ3n) is 2.76. The Hall–Kier alpha value is -1.83. The molecule has 0 unspecified atom stereocenters. The van der Waals surface area contributed by atoms with Crippen LogP contribution in [0.25, 0.3) is 5.69 Å². The van der Waals surface area contributed by atoms with Gasteiger partial charge in [0, 0.05) is 5.56 Å². The summed E-state index contributed by atoms with van der Waals surface area (Å²) in [7, 11) is 0. The summed E-state index contributed by atoms with van der Waals surface area (Å²) in [4.78, 5) is 0. The Kier molecular flexibility index (Phi) is 2.36. The first-order chi connectivity index (χ1) is 8.31. The molecule has 0 atom stereocenters. The summed E-state index contributed by atoms with van der Waals surface area (Å²) in [5, 5.41) is 13.9. The molecule has 2 heterocycles. The predicted molar refractivity (Wildman–Crippen MR) is 61.8 cm³/mol. The summed E-state index contributed by atoms with van der Waals surface area (Å²) in [6.45, 7) is 0.915. The van der Waals surface area contributed by atoms with E-state index in [1.165, 1.54) is 0 Å². The maximum atomic E-state index is 9.02. The molecule has 1 aliphatic rings. The molecule has 0 fully saturated rings. The van der Waals surface area contributed by atoms with Crippen molar-refractivity contribution in [3.63, 3.8) is 0 Å². The zero-order valence-corrected chi connectivity index (χ0v) is 9.61. The van der Waals surface area contributed by atoms with E-state index >= 15 is 0 Å². The average Bonchev–Trinajstić information content (AvgIpc) is 2.91. The number of nitrogens with zero attached hydrogens (tertiary/aromatic N) is 3. The van der Waals surface area contributed by atoms with Crippen LogP contribution in [-0.4, -0.2) is 9.78 Å². The van der Waals surface area contributed by atoms with Crippen LogP contribution < -0.4 is 0 Å². The number of hydrogen-bond acceptors (Lipinski definition) is 3. The number of hydrogen-bond donors (Lipinski definition) is 0. The van der Waals surface area contributed by atoms with Gasteiger partial charge in [-0.25, -0.2) is 4.68 Å². The molecule has 0 aliphatic carbocycles. The zero-order chi connectivity index (χ0) is 11.8. The van der Waals surface area contributed by atoms with Crippen molar-refractivity contribution in [1.82, 2.24) is 9.78 Å². The van der Waals surface area contributed by atoms with Crippen molar-refractivity contribution >= 4 is 11.6 Å². The van der Waals surface area contributed by atoms with E-state index in [1.54, 1.807) is 10.7 Å². The molecule has 2 aromatic rings. The van der Waals surface area contributed by atoms with Crippen molar-refractivity contribution in [2.75, 3.05) is 0 Å². The number of aromatic nitrogens is 2. The molecule has 5 heteroatoms. The Morgan fingerprint density at radius 1 is 1.35 bits per heavy atom. The van der Waals surface area contributed by atoms with Crippen LogP contribution in [0.5, 0.6) is 0 Å². The molecule has 0 amide bonds. The van der Waals surface area contributed by atoms with Crippen molar-refractivity contribution in [3.8, 4) is 11.8 Å². The standard InChI is InChI=1S/C12H8ClN3O/c13-9-3-1-2-4-11(9)16-12-7-17-6-8(12)10(5-14)15-16/h1-4H,6-7H2. The second-order valence-corrected chi connectivity index (χ2v) is 4.15. The third kappa shape index (κ3) is 1.52. The summed E-state index contributed by atoms with van der Waals surface area (Å²) in [5.74, 6) is 0. The fourth-order valence-corrected chi connectivity index (χ4v) is 2.16. The van der Waals surface area contributed by atoms with E-state index in [1.807, 2.05) is 18.2 Å². The van der Waals surface area contributed by atoms with Gasteiger partial charge in [-0.15, -0.1) is 0 Å². The van der Waals surface area contributed by atoms with Crippen LogP contribution in [0.3, 0.4) is 0 Å². The van der Waals surface area contributed by atoms with Gasteiger partial charge in [0.1, 0.15) is 6.07 Å². The first-order valence-electron chi connectivity index (χ1n) is 5.15. The SMILES string of the molecule is N#Cc1nn(-c2ccccc2Cl)c2c1COC2. The van der Waals surface area contributed by atoms with Crippen LogP contribution in [0.4, 0.5) is 0 Å². The zero-order valence-electron chi connectivity index (χ0n) is 8.85. The van der Waals surface area contributed by atoms with Crippen molar-refractivity contribution in [3.05, 3.63) is 46.2 Å². The van der Waals surface area contributed by atoms with Crippen LogP contribution in [0, 0.1) is 11.3 Å². The predicted octanol–water partition coefficient (Wildman–Crippen LogP) is 2.43. The number of halogens is 1. The molecule has 0 saturated heterocycles. The largest absolute Gasteiger partial charge is 0.370 e. The topological polar surface area (TPSA) is 50.8 Å². The number of rotatable bonds is 1. The Morgan fingerprint density at radius 3 is 2.94 bits per heavy atom. The summed E-state index contributed by atoms with van der Waals surface area (Å²) < 4.78 is 7.04. The average molecular weight is 246 g/mol. The molecule has 1 aromatic carbocycles. The Balaban J connectivity index is 2.24. The lowest BCUT2D eigenvalue weighted by molar-refractivity contribution is 0.130. The van der Waals surface area contributed by atoms with E-state index in [2.05, 4.69) is 11.2 Å². The molecule has 1 aromatic heterocycles. The molecule has 84 valence electrons. The van der Waals surface area contributed by atoms with Gasteiger partial charge >= 0.3 is 0 Å². The fraction of sp³-hybridized carbons (Fsp3) is 0.167. The number of para-hydroxylation sites is 1. The highest BCUT2D eigenvalue weighted by molar-refractivity contribution is 6.32. The summed E-state index contributed by atoms with van der Waals surface area (Å²) in [6, 6.07) is 9.49. The minimum atomic E-state index is 0.414. The number of ether oxygens (including phenoxy) is 1. The van der Waals surface area contributed by atoms with Gasteiger partial charge in [0.25, 0.3) is 0 Å². The van der Waals surface area contributed by atoms with Gasteiger partial charge in [0.15, 0.2) is 5.69 Å². The van der Waals surface area contributed by atoms with Crippen LogP contribution in [0.2, 0.25) is 5.02 Å². The summed E-state index contributed by atoms with van der Waals surface area (Å²) in [6.07, 6.45) is 0. The third-order valence-corrected chi connectivity index (χ3v) is 3.08. The Labute approximate surface area is 103 Å². The molecule has 0 saturated carbocycles. The van der Waals surface area contributed by atoms with Gasteiger partial charge in [-0.2, -0.15) is 10.4 Å². The molecule has 1 aliphatic heterocycles. The quantitative estimate of drug-likeness (QED) is 0.775. The number of nitriles is 1. The molecule has 3 rings (SSSR count). The van der Waals surface area contributed by atoms with Gasteiger partial charge < -0.3 is 4.74 Å².